The van der Waals surface area contributed by atoms with Crippen LogP contribution in [0.1, 0.15) is 13.8 Å². The molecule has 1 fully saturated rings. The molecule has 2 rings (SSSR count). The lowest BCUT2D eigenvalue weighted by Gasteiger charge is -2.31. The highest BCUT2D eigenvalue weighted by Gasteiger charge is 2.37. The average Bonchev–Trinajstić information content (AvgIpc) is 2.50. The molecular formula is C15H18N2O4S. The van der Waals surface area contributed by atoms with Crippen molar-refractivity contribution in [2.75, 3.05) is 19.0 Å². The van der Waals surface area contributed by atoms with Gasteiger partial charge in [-0.3, -0.25) is 19.3 Å². The van der Waals surface area contributed by atoms with E-state index in [9.17, 15) is 14.4 Å². The molecule has 118 valence electrons. The van der Waals surface area contributed by atoms with Gasteiger partial charge in [-0.1, -0.05) is 6.07 Å². The maximum atomic E-state index is 12.1. The molecule has 22 heavy (non-hydrogen) atoms. The van der Waals surface area contributed by atoms with E-state index in [1.807, 2.05) is 0 Å². The van der Waals surface area contributed by atoms with E-state index < -0.39 is 5.91 Å². The number of thioether (sulfide) groups is 1. The van der Waals surface area contributed by atoms with Crippen molar-refractivity contribution in [1.82, 2.24) is 4.90 Å². The largest absolute Gasteiger partial charge is 0.497 e. The van der Waals surface area contributed by atoms with Crippen LogP contribution < -0.4 is 10.1 Å². The molecule has 3 amide bonds. The number of imide groups is 1. The Bertz CT molecular complexity index is 585. The molecule has 0 bridgehead atoms. The summed E-state index contributed by atoms with van der Waals surface area (Å²) in [5.74, 6) is -0.453. The fraction of sp³-hybridized carbons (Fsp3) is 0.400. The van der Waals surface area contributed by atoms with E-state index in [0.29, 0.717) is 11.4 Å². The summed E-state index contributed by atoms with van der Waals surface area (Å²) >= 11 is 1.31. The first-order valence-electron chi connectivity index (χ1n) is 6.87. The molecular weight excluding hydrogens is 304 g/mol. The number of ether oxygens (including phenoxy) is 1. The quantitative estimate of drug-likeness (QED) is 0.851. The van der Waals surface area contributed by atoms with Crippen LogP contribution in [-0.2, 0) is 14.4 Å². The Morgan fingerprint density at radius 1 is 1.27 bits per heavy atom. The number of nitrogens with zero attached hydrogens (tertiary/aromatic N) is 1. The molecule has 1 aromatic rings. The third kappa shape index (κ3) is 3.59. The van der Waals surface area contributed by atoms with Crippen molar-refractivity contribution in [2.45, 2.75) is 24.3 Å². The van der Waals surface area contributed by atoms with Crippen LogP contribution in [0, 0.1) is 0 Å². The maximum Gasteiger partial charge on any atom is 0.244 e. The van der Waals surface area contributed by atoms with E-state index in [0.717, 1.165) is 4.90 Å². The summed E-state index contributed by atoms with van der Waals surface area (Å²) < 4.78 is 5.08. The number of anilines is 1. The fourth-order valence-corrected chi connectivity index (χ4v) is 3.27. The Morgan fingerprint density at radius 2 is 1.91 bits per heavy atom. The molecule has 1 saturated heterocycles. The van der Waals surface area contributed by atoms with Crippen molar-refractivity contribution in [2.24, 2.45) is 0 Å². The molecule has 7 heteroatoms. The van der Waals surface area contributed by atoms with E-state index in [-0.39, 0.29) is 28.9 Å². The highest BCUT2D eigenvalue weighted by Crippen LogP contribution is 2.26. The Morgan fingerprint density at radius 3 is 2.50 bits per heavy atom. The summed E-state index contributed by atoms with van der Waals surface area (Å²) in [6.07, 6.45) is 0. The normalized spacial score (nSPS) is 21.7. The van der Waals surface area contributed by atoms with Crippen LogP contribution in [0.5, 0.6) is 5.75 Å². The minimum absolute atomic E-state index is 0.274. The molecule has 1 aliphatic rings. The number of hydrogen-bond donors (Lipinski definition) is 1. The van der Waals surface area contributed by atoms with E-state index >= 15 is 0 Å². The Kier molecular flexibility index (Phi) is 5.07. The lowest BCUT2D eigenvalue weighted by Crippen LogP contribution is -2.52. The Labute approximate surface area is 133 Å². The minimum atomic E-state index is -0.416. The molecule has 0 spiro atoms. The molecule has 1 heterocycles. The SMILES string of the molecule is COc1cccc(NC(=O)CN2C(=O)C(C)SC(C)C2=O)c1. The molecule has 0 aromatic heterocycles. The number of rotatable bonds is 4. The zero-order valence-electron chi connectivity index (χ0n) is 12.7. The number of benzene rings is 1. The Balaban J connectivity index is 2.04. The molecule has 1 N–H and O–H groups in total. The summed E-state index contributed by atoms with van der Waals surface area (Å²) in [4.78, 5) is 37.2. The summed E-state index contributed by atoms with van der Waals surface area (Å²) in [5.41, 5.74) is 0.553. The molecule has 6 nitrogen and oxygen atoms in total. The third-order valence-corrected chi connectivity index (χ3v) is 4.51. The van der Waals surface area contributed by atoms with Gasteiger partial charge >= 0.3 is 0 Å². The first-order chi connectivity index (χ1) is 10.4. The number of carbonyl (C=O) groups excluding carboxylic acids is 3. The average molecular weight is 322 g/mol. The zero-order chi connectivity index (χ0) is 16.3. The number of nitrogens with one attached hydrogen (secondary N) is 1. The lowest BCUT2D eigenvalue weighted by atomic mass is 10.2. The van der Waals surface area contributed by atoms with Crippen molar-refractivity contribution < 1.29 is 19.1 Å². The summed E-state index contributed by atoms with van der Waals surface area (Å²) in [6, 6.07) is 6.88. The van der Waals surface area contributed by atoms with Gasteiger partial charge in [-0.15, -0.1) is 11.8 Å². The standard InChI is InChI=1S/C15H18N2O4S/c1-9-14(19)17(15(20)10(2)22-9)8-13(18)16-11-5-4-6-12(7-11)21-3/h4-7,9-10H,8H2,1-3H3,(H,16,18). The van der Waals surface area contributed by atoms with Gasteiger partial charge in [0.2, 0.25) is 17.7 Å². The van der Waals surface area contributed by atoms with Gasteiger partial charge in [-0.05, 0) is 26.0 Å². The first kappa shape index (κ1) is 16.4. The highest BCUT2D eigenvalue weighted by molar-refractivity contribution is 8.02. The van der Waals surface area contributed by atoms with Crippen LogP contribution >= 0.6 is 11.8 Å². The van der Waals surface area contributed by atoms with E-state index in [1.165, 1.54) is 18.9 Å². The zero-order valence-corrected chi connectivity index (χ0v) is 13.5. The second kappa shape index (κ2) is 6.83. The topological polar surface area (TPSA) is 75.7 Å². The van der Waals surface area contributed by atoms with E-state index in [4.69, 9.17) is 4.74 Å². The fourth-order valence-electron chi connectivity index (χ4n) is 2.17. The molecule has 0 saturated carbocycles. The van der Waals surface area contributed by atoms with Gasteiger partial charge in [-0.2, -0.15) is 0 Å². The van der Waals surface area contributed by atoms with Gasteiger partial charge in [0.15, 0.2) is 0 Å². The lowest BCUT2D eigenvalue weighted by molar-refractivity contribution is -0.147. The number of methoxy groups -OCH3 is 1. The van der Waals surface area contributed by atoms with Gasteiger partial charge in [-0.25, -0.2) is 0 Å². The molecule has 0 aliphatic carbocycles. The van der Waals surface area contributed by atoms with Crippen molar-refractivity contribution >= 4 is 35.2 Å². The van der Waals surface area contributed by atoms with Crippen LogP contribution in [0.2, 0.25) is 0 Å². The molecule has 2 atom stereocenters. The summed E-state index contributed by atoms with van der Waals surface area (Å²) in [6.45, 7) is 3.20. The van der Waals surface area contributed by atoms with Crippen LogP contribution in [0.4, 0.5) is 5.69 Å². The molecule has 1 aromatic carbocycles. The van der Waals surface area contributed by atoms with Gasteiger partial charge in [0.05, 0.1) is 17.6 Å². The smallest absolute Gasteiger partial charge is 0.244 e. The van der Waals surface area contributed by atoms with Gasteiger partial charge in [0.1, 0.15) is 12.3 Å². The highest BCUT2D eigenvalue weighted by atomic mass is 32.2. The molecule has 2 unspecified atom stereocenters. The van der Waals surface area contributed by atoms with Crippen molar-refractivity contribution in [1.29, 1.82) is 0 Å². The first-order valence-corrected chi connectivity index (χ1v) is 7.81. The van der Waals surface area contributed by atoms with Crippen LogP contribution in [0.3, 0.4) is 0 Å². The Hall–Kier alpha value is -2.02. The second-order valence-corrected chi connectivity index (χ2v) is 6.65. The minimum Gasteiger partial charge on any atom is -0.497 e. The van der Waals surface area contributed by atoms with Crippen LogP contribution in [0.25, 0.3) is 0 Å². The van der Waals surface area contributed by atoms with Crippen molar-refractivity contribution in [3.05, 3.63) is 24.3 Å². The van der Waals surface area contributed by atoms with Gasteiger partial charge in [0, 0.05) is 11.8 Å². The second-order valence-electron chi connectivity index (χ2n) is 4.96. The van der Waals surface area contributed by atoms with Gasteiger partial charge < -0.3 is 10.1 Å². The van der Waals surface area contributed by atoms with Crippen molar-refractivity contribution in [3.63, 3.8) is 0 Å². The van der Waals surface area contributed by atoms with E-state index in [2.05, 4.69) is 5.32 Å². The number of carbonyl (C=O) groups is 3. The predicted octanol–water partition coefficient (Wildman–Crippen LogP) is 1.51. The van der Waals surface area contributed by atoms with Crippen molar-refractivity contribution in [3.8, 4) is 5.75 Å². The maximum absolute atomic E-state index is 12.1. The molecule has 1 aliphatic heterocycles. The van der Waals surface area contributed by atoms with E-state index in [1.54, 1.807) is 38.1 Å². The van der Waals surface area contributed by atoms with Gasteiger partial charge in [0.25, 0.3) is 0 Å². The molecule has 0 radical (unpaired) electrons. The number of hydrogen-bond acceptors (Lipinski definition) is 5. The van der Waals surface area contributed by atoms with Crippen LogP contribution in [-0.4, -0.2) is 46.8 Å². The number of amides is 3. The monoisotopic (exact) mass is 322 g/mol. The van der Waals surface area contributed by atoms with Crippen LogP contribution in [0.15, 0.2) is 24.3 Å². The predicted molar refractivity (Wildman–Crippen MR) is 84.9 cm³/mol. The summed E-state index contributed by atoms with van der Waals surface area (Å²) in [5, 5.41) is 2.02. The summed E-state index contributed by atoms with van der Waals surface area (Å²) in [7, 11) is 1.53. The third-order valence-electron chi connectivity index (χ3n) is 3.29.